The first-order chi connectivity index (χ1) is 12.7. The normalized spacial score (nSPS) is 16.8. The van der Waals surface area contributed by atoms with Crippen molar-refractivity contribution in [3.8, 4) is 11.5 Å². The highest BCUT2D eigenvalue weighted by Gasteiger charge is 2.24. The maximum absolute atomic E-state index is 12.5. The Morgan fingerprint density at radius 2 is 2.19 bits per heavy atom. The van der Waals surface area contributed by atoms with E-state index in [1.807, 2.05) is 24.3 Å². The van der Waals surface area contributed by atoms with Crippen molar-refractivity contribution in [1.29, 1.82) is 0 Å². The first-order valence-electron chi connectivity index (χ1n) is 8.59. The Morgan fingerprint density at radius 3 is 3.00 bits per heavy atom. The molecule has 1 aromatic heterocycles. The predicted octanol–water partition coefficient (Wildman–Crippen LogP) is 4.07. The number of likely N-dealkylation sites (tertiary alicyclic amines) is 1. The van der Waals surface area contributed by atoms with Gasteiger partial charge in [0.05, 0.1) is 19.4 Å². The number of halogens is 1. The van der Waals surface area contributed by atoms with Gasteiger partial charge in [-0.3, -0.25) is 0 Å². The van der Waals surface area contributed by atoms with Gasteiger partial charge in [0.2, 0.25) is 0 Å². The number of nitrogens with zero attached hydrogens (tertiary/aromatic N) is 2. The van der Waals surface area contributed by atoms with Gasteiger partial charge in [0.1, 0.15) is 11.5 Å². The van der Waals surface area contributed by atoms with Gasteiger partial charge in [-0.15, -0.1) is 0 Å². The summed E-state index contributed by atoms with van der Waals surface area (Å²) in [6, 6.07) is 10.8. The standard InChI is InChI=1S/C19H22ClN3O3/c1-25-15-6-2-7-16(11-15)26-13-14-5-4-10-23(12-14)19(24)22-17-8-3-9-21-18(17)20/h2-3,6-9,11,14H,4-5,10,12-13H2,1H3,(H,22,24). The van der Waals surface area contributed by atoms with Crippen LogP contribution in [0.1, 0.15) is 12.8 Å². The van der Waals surface area contributed by atoms with Crippen LogP contribution in [-0.2, 0) is 0 Å². The lowest BCUT2D eigenvalue weighted by Crippen LogP contribution is -2.43. The molecule has 1 atom stereocenters. The average Bonchev–Trinajstić information content (AvgIpc) is 2.68. The zero-order valence-corrected chi connectivity index (χ0v) is 15.4. The summed E-state index contributed by atoms with van der Waals surface area (Å²) in [5.41, 5.74) is 0.522. The number of hydrogen-bond acceptors (Lipinski definition) is 4. The van der Waals surface area contributed by atoms with Crippen molar-refractivity contribution in [2.45, 2.75) is 12.8 Å². The smallest absolute Gasteiger partial charge is 0.321 e. The molecular weight excluding hydrogens is 354 g/mol. The van der Waals surface area contributed by atoms with Gasteiger partial charge < -0.3 is 19.7 Å². The Balaban J connectivity index is 1.53. The zero-order valence-electron chi connectivity index (χ0n) is 14.7. The fraction of sp³-hybridized carbons (Fsp3) is 0.368. The fourth-order valence-corrected chi connectivity index (χ4v) is 3.13. The Morgan fingerprint density at radius 1 is 1.35 bits per heavy atom. The summed E-state index contributed by atoms with van der Waals surface area (Å²) in [5, 5.41) is 3.11. The van der Waals surface area contributed by atoms with Crippen LogP contribution in [0.2, 0.25) is 5.15 Å². The molecule has 6 nitrogen and oxygen atoms in total. The van der Waals surface area contributed by atoms with Crippen LogP contribution in [0.3, 0.4) is 0 Å². The van der Waals surface area contributed by atoms with Crippen LogP contribution in [0, 0.1) is 5.92 Å². The number of rotatable bonds is 5. The summed E-state index contributed by atoms with van der Waals surface area (Å²) in [4.78, 5) is 18.3. The molecule has 7 heteroatoms. The summed E-state index contributed by atoms with van der Waals surface area (Å²) in [5.74, 6) is 1.82. The number of hydrogen-bond donors (Lipinski definition) is 1. The molecule has 0 radical (unpaired) electrons. The molecule has 2 heterocycles. The molecule has 0 bridgehead atoms. The molecule has 1 N–H and O–H groups in total. The topological polar surface area (TPSA) is 63.7 Å². The van der Waals surface area contributed by atoms with Gasteiger partial charge in [0.15, 0.2) is 5.15 Å². The van der Waals surface area contributed by atoms with Crippen LogP contribution in [0.15, 0.2) is 42.6 Å². The number of nitrogens with one attached hydrogen (secondary N) is 1. The second kappa shape index (κ2) is 8.76. The van der Waals surface area contributed by atoms with Crippen molar-refractivity contribution in [2.24, 2.45) is 5.92 Å². The van der Waals surface area contributed by atoms with Gasteiger partial charge in [-0.25, -0.2) is 9.78 Å². The van der Waals surface area contributed by atoms with Crippen LogP contribution in [0.4, 0.5) is 10.5 Å². The van der Waals surface area contributed by atoms with Crippen molar-refractivity contribution in [1.82, 2.24) is 9.88 Å². The Kier molecular flexibility index (Phi) is 6.17. The van der Waals surface area contributed by atoms with E-state index in [4.69, 9.17) is 21.1 Å². The van der Waals surface area contributed by atoms with Crippen molar-refractivity contribution >= 4 is 23.3 Å². The number of anilines is 1. The van der Waals surface area contributed by atoms with Gasteiger partial charge in [-0.05, 0) is 37.1 Å². The monoisotopic (exact) mass is 375 g/mol. The molecule has 1 aromatic carbocycles. The van der Waals surface area contributed by atoms with E-state index in [1.54, 1.807) is 30.3 Å². The largest absolute Gasteiger partial charge is 0.497 e. The second-order valence-corrected chi connectivity index (χ2v) is 6.57. The molecule has 0 aliphatic carbocycles. The van der Waals surface area contributed by atoms with E-state index in [2.05, 4.69) is 10.3 Å². The molecule has 1 unspecified atom stereocenters. The van der Waals surface area contributed by atoms with E-state index in [1.165, 1.54) is 0 Å². The lowest BCUT2D eigenvalue weighted by Gasteiger charge is -2.32. The van der Waals surface area contributed by atoms with Gasteiger partial charge in [-0.2, -0.15) is 0 Å². The molecule has 3 rings (SSSR count). The van der Waals surface area contributed by atoms with Gasteiger partial charge >= 0.3 is 6.03 Å². The first-order valence-corrected chi connectivity index (χ1v) is 8.97. The third-order valence-corrected chi connectivity index (χ3v) is 4.63. The summed E-state index contributed by atoms with van der Waals surface area (Å²) >= 11 is 6.00. The molecule has 1 saturated heterocycles. The summed E-state index contributed by atoms with van der Waals surface area (Å²) in [7, 11) is 1.63. The SMILES string of the molecule is COc1cccc(OCC2CCCN(C(=O)Nc3cccnc3Cl)C2)c1. The molecule has 138 valence electrons. The highest BCUT2D eigenvalue weighted by molar-refractivity contribution is 6.32. The number of carbonyl (C=O) groups is 1. The number of ether oxygens (including phenoxy) is 2. The van der Waals surface area contributed by atoms with E-state index in [0.29, 0.717) is 18.8 Å². The zero-order chi connectivity index (χ0) is 18.4. The van der Waals surface area contributed by atoms with E-state index < -0.39 is 0 Å². The van der Waals surface area contributed by atoms with Crippen molar-refractivity contribution in [2.75, 3.05) is 32.1 Å². The third-order valence-electron chi connectivity index (χ3n) is 4.33. The predicted molar refractivity (Wildman–Crippen MR) is 101 cm³/mol. The minimum atomic E-state index is -0.161. The number of benzene rings is 1. The number of carbonyl (C=O) groups excluding carboxylic acids is 1. The highest BCUT2D eigenvalue weighted by atomic mass is 35.5. The Labute approximate surface area is 158 Å². The van der Waals surface area contributed by atoms with E-state index in [-0.39, 0.29) is 17.1 Å². The van der Waals surface area contributed by atoms with Gasteiger partial charge in [0.25, 0.3) is 0 Å². The second-order valence-electron chi connectivity index (χ2n) is 6.22. The molecule has 1 aliphatic heterocycles. The summed E-state index contributed by atoms with van der Waals surface area (Å²) in [6.07, 6.45) is 3.56. The molecule has 0 saturated carbocycles. The molecule has 0 spiro atoms. The fourth-order valence-electron chi connectivity index (χ4n) is 2.96. The first kappa shape index (κ1) is 18.3. The molecule has 2 amide bonds. The Hall–Kier alpha value is -2.47. The molecule has 1 fully saturated rings. The number of aromatic nitrogens is 1. The van der Waals surface area contributed by atoms with Crippen molar-refractivity contribution in [3.05, 3.63) is 47.7 Å². The maximum atomic E-state index is 12.5. The number of amides is 2. The van der Waals surface area contributed by atoms with E-state index >= 15 is 0 Å². The minimum absolute atomic E-state index is 0.161. The molecule has 26 heavy (non-hydrogen) atoms. The quantitative estimate of drug-likeness (QED) is 0.800. The van der Waals surface area contributed by atoms with Gasteiger partial charge in [-0.1, -0.05) is 17.7 Å². The molecule has 2 aromatic rings. The minimum Gasteiger partial charge on any atom is -0.497 e. The van der Waals surface area contributed by atoms with E-state index in [0.717, 1.165) is 30.9 Å². The van der Waals surface area contributed by atoms with Crippen LogP contribution in [0.25, 0.3) is 0 Å². The number of pyridine rings is 1. The Bertz CT molecular complexity index is 756. The van der Waals surface area contributed by atoms with Crippen LogP contribution in [-0.4, -0.2) is 42.7 Å². The third kappa shape index (κ3) is 4.79. The lowest BCUT2D eigenvalue weighted by atomic mass is 9.99. The van der Waals surface area contributed by atoms with E-state index in [9.17, 15) is 4.79 Å². The van der Waals surface area contributed by atoms with Crippen LogP contribution in [0.5, 0.6) is 11.5 Å². The number of urea groups is 1. The number of piperidine rings is 1. The summed E-state index contributed by atoms with van der Waals surface area (Å²) < 4.78 is 11.1. The van der Waals surface area contributed by atoms with Crippen molar-refractivity contribution < 1.29 is 14.3 Å². The number of methoxy groups -OCH3 is 1. The average molecular weight is 376 g/mol. The maximum Gasteiger partial charge on any atom is 0.321 e. The molecule has 1 aliphatic rings. The highest BCUT2D eigenvalue weighted by Crippen LogP contribution is 2.23. The van der Waals surface area contributed by atoms with Gasteiger partial charge in [0, 0.05) is 31.3 Å². The van der Waals surface area contributed by atoms with Crippen LogP contribution < -0.4 is 14.8 Å². The lowest BCUT2D eigenvalue weighted by molar-refractivity contribution is 0.145. The van der Waals surface area contributed by atoms with Crippen molar-refractivity contribution in [3.63, 3.8) is 0 Å². The van der Waals surface area contributed by atoms with Crippen LogP contribution >= 0.6 is 11.6 Å². The molecular formula is C19H22ClN3O3. The summed E-state index contributed by atoms with van der Waals surface area (Å²) in [6.45, 7) is 1.93.